The summed E-state index contributed by atoms with van der Waals surface area (Å²) < 4.78 is 0. The third-order valence-corrected chi connectivity index (χ3v) is 2.82. The van der Waals surface area contributed by atoms with Gasteiger partial charge < -0.3 is 11.1 Å². The van der Waals surface area contributed by atoms with E-state index in [9.17, 15) is 4.79 Å². The number of nitrogens with two attached hydrogens (primary N) is 1. The van der Waals surface area contributed by atoms with Gasteiger partial charge in [0.15, 0.2) is 0 Å². The molecule has 0 radical (unpaired) electrons. The van der Waals surface area contributed by atoms with Gasteiger partial charge in [-0.05, 0) is 19.4 Å². The number of nitrogens with one attached hydrogen (secondary N) is 2. The minimum atomic E-state index is -0.681. The van der Waals surface area contributed by atoms with Crippen LogP contribution in [0.25, 0.3) is 0 Å². The maximum absolute atomic E-state index is 12.0. The van der Waals surface area contributed by atoms with E-state index in [0.717, 1.165) is 17.0 Å². The van der Waals surface area contributed by atoms with Crippen molar-refractivity contribution < 1.29 is 4.79 Å². The number of hydrogen-bond donors (Lipinski definition) is 3. The van der Waals surface area contributed by atoms with Crippen molar-refractivity contribution in [3.05, 3.63) is 47.3 Å². The van der Waals surface area contributed by atoms with Gasteiger partial charge in [-0.2, -0.15) is 5.10 Å². The van der Waals surface area contributed by atoms with Crippen LogP contribution in [0, 0.1) is 13.8 Å². The SMILES string of the molecule is Cc1n[nH]c(C)c1NC(=O)C(N)c1ccccc1. The molecule has 1 heterocycles. The van der Waals surface area contributed by atoms with E-state index in [1.54, 1.807) is 0 Å². The molecule has 2 rings (SSSR count). The van der Waals surface area contributed by atoms with E-state index in [1.165, 1.54) is 0 Å². The number of hydrogen-bond acceptors (Lipinski definition) is 3. The highest BCUT2D eigenvalue weighted by atomic mass is 16.2. The average Bonchev–Trinajstić information content (AvgIpc) is 2.70. The van der Waals surface area contributed by atoms with Crippen LogP contribution < -0.4 is 11.1 Å². The Bertz CT molecular complexity index is 528. The molecule has 0 spiro atoms. The molecule has 5 heteroatoms. The molecule has 1 amide bonds. The van der Waals surface area contributed by atoms with Gasteiger partial charge in [0, 0.05) is 0 Å². The molecule has 1 aromatic heterocycles. The van der Waals surface area contributed by atoms with Gasteiger partial charge in [-0.3, -0.25) is 9.89 Å². The van der Waals surface area contributed by atoms with Crippen LogP contribution in [0.15, 0.2) is 30.3 Å². The lowest BCUT2D eigenvalue weighted by Crippen LogP contribution is -2.28. The van der Waals surface area contributed by atoms with Crippen LogP contribution >= 0.6 is 0 Å². The summed E-state index contributed by atoms with van der Waals surface area (Å²) in [5.41, 5.74) is 8.97. The van der Waals surface area contributed by atoms with Gasteiger partial charge in [-0.1, -0.05) is 30.3 Å². The van der Waals surface area contributed by atoms with Gasteiger partial charge in [-0.15, -0.1) is 0 Å². The maximum Gasteiger partial charge on any atom is 0.245 e. The number of carbonyl (C=O) groups excluding carboxylic acids is 1. The quantitative estimate of drug-likeness (QED) is 0.767. The molecule has 1 unspecified atom stereocenters. The first-order valence-electron chi connectivity index (χ1n) is 5.72. The van der Waals surface area contributed by atoms with Crippen molar-refractivity contribution in [1.82, 2.24) is 10.2 Å². The minimum absolute atomic E-state index is 0.242. The Hall–Kier alpha value is -2.14. The van der Waals surface area contributed by atoms with E-state index in [0.29, 0.717) is 5.69 Å². The summed E-state index contributed by atoms with van der Waals surface area (Å²) >= 11 is 0. The summed E-state index contributed by atoms with van der Waals surface area (Å²) in [7, 11) is 0. The Labute approximate surface area is 105 Å². The van der Waals surface area contributed by atoms with E-state index in [2.05, 4.69) is 15.5 Å². The van der Waals surface area contributed by atoms with Crippen molar-refractivity contribution in [1.29, 1.82) is 0 Å². The Balaban J connectivity index is 2.14. The smallest absolute Gasteiger partial charge is 0.245 e. The fourth-order valence-electron chi connectivity index (χ4n) is 1.75. The summed E-state index contributed by atoms with van der Waals surface area (Å²) in [6.45, 7) is 3.68. The number of H-pyrrole nitrogens is 1. The van der Waals surface area contributed by atoms with Gasteiger partial charge in [0.2, 0.25) is 5.91 Å². The lowest BCUT2D eigenvalue weighted by molar-refractivity contribution is -0.117. The van der Waals surface area contributed by atoms with Gasteiger partial charge in [-0.25, -0.2) is 0 Å². The van der Waals surface area contributed by atoms with Crippen molar-refractivity contribution in [3.63, 3.8) is 0 Å². The van der Waals surface area contributed by atoms with Crippen LogP contribution in [0.1, 0.15) is 23.0 Å². The van der Waals surface area contributed by atoms with Gasteiger partial charge >= 0.3 is 0 Å². The largest absolute Gasteiger partial charge is 0.321 e. The number of benzene rings is 1. The average molecular weight is 244 g/mol. The summed E-state index contributed by atoms with van der Waals surface area (Å²) in [5, 5.41) is 9.64. The molecule has 0 saturated heterocycles. The summed E-state index contributed by atoms with van der Waals surface area (Å²) in [4.78, 5) is 12.0. The summed E-state index contributed by atoms with van der Waals surface area (Å²) in [5.74, 6) is -0.242. The zero-order chi connectivity index (χ0) is 13.1. The van der Waals surface area contributed by atoms with Crippen LogP contribution in [0.2, 0.25) is 0 Å². The highest BCUT2D eigenvalue weighted by molar-refractivity contribution is 5.96. The number of anilines is 1. The van der Waals surface area contributed by atoms with Crippen LogP contribution in [-0.2, 0) is 4.79 Å². The van der Waals surface area contributed by atoms with Crippen LogP contribution in [0.5, 0.6) is 0 Å². The van der Waals surface area contributed by atoms with Gasteiger partial charge in [0.1, 0.15) is 6.04 Å². The summed E-state index contributed by atoms with van der Waals surface area (Å²) in [6.07, 6.45) is 0. The second-order valence-corrected chi connectivity index (χ2v) is 4.19. The zero-order valence-corrected chi connectivity index (χ0v) is 10.4. The molecule has 2 aromatic rings. The third-order valence-electron chi connectivity index (χ3n) is 2.82. The number of aromatic nitrogens is 2. The molecule has 18 heavy (non-hydrogen) atoms. The van der Waals surface area contributed by atoms with Crippen LogP contribution in [0.4, 0.5) is 5.69 Å². The standard InChI is InChI=1S/C13H16N4O/c1-8-12(9(2)17-16-8)15-13(18)11(14)10-6-4-3-5-7-10/h3-7,11H,14H2,1-2H3,(H,15,18)(H,16,17). The number of nitrogens with zero attached hydrogens (tertiary/aromatic N) is 1. The van der Waals surface area contributed by atoms with E-state index in [4.69, 9.17) is 5.73 Å². The molecule has 1 atom stereocenters. The normalized spacial score (nSPS) is 12.2. The lowest BCUT2D eigenvalue weighted by atomic mass is 10.1. The van der Waals surface area contributed by atoms with Crippen molar-refractivity contribution in [3.8, 4) is 0 Å². The van der Waals surface area contributed by atoms with Gasteiger partial charge in [0.25, 0.3) is 0 Å². The Kier molecular flexibility index (Phi) is 3.43. The lowest BCUT2D eigenvalue weighted by Gasteiger charge is -2.12. The molecule has 0 bridgehead atoms. The second-order valence-electron chi connectivity index (χ2n) is 4.19. The first-order chi connectivity index (χ1) is 8.59. The summed E-state index contributed by atoms with van der Waals surface area (Å²) in [6, 6.07) is 8.59. The van der Waals surface area contributed by atoms with E-state index in [-0.39, 0.29) is 5.91 Å². The number of rotatable bonds is 3. The number of amides is 1. The number of carbonyl (C=O) groups is 1. The monoisotopic (exact) mass is 244 g/mol. The Morgan fingerprint density at radius 1 is 1.33 bits per heavy atom. The predicted octanol–water partition coefficient (Wildman–Crippen LogP) is 1.67. The fourth-order valence-corrected chi connectivity index (χ4v) is 1.75. The van der Waals surface area contributed by atoms with Crippen LogP contribution in [-0.4, -0.2) is 16.1 Å². The fraction of sp³-hybridized carbons (Fsp3) is 0.231. The zero-order valence-electron chi connectivity index (χ0n) is 10.4. The predicted molar refractivity (Wildman–Crippen MR) is 70.1 cm³/mol. The third kappa shape index (κ3) is 2.41. The maximum atomic E-state index is 12.0. The second kappa shape index (κ2) is 5.01. The van der Waals surface area contributed by atoms with Crippen LogP contribution in [0.3, 0.4) is 0 Å². The minimum Gasteiger partial charge on any atom is -0.321 e. The molecule has 0 saturated carbocycles. The Morgan fingerprint density at radius 2 is 2.00 bits per heavy atom. The van der Waals surface area contributed by atoms with E-state index >= 15 is 0 Å². The van der Waals surface area contributed by atoms with Gasteiger partial charge in [0.05, 0.1) is 17.1 Å². The number of aryl methyl sites for hydroxylation is 2. The van der Waals surface area contributed by atoms with E-state index < -0.39 is 6.04 Å². The molecule has 94 valence electrons. The molecule has 4 N–H and O–H groups in total. The van der Waals surface area contributed by atoms with Crippen molar-refractivity contribution >= 4 is 11.6 Å². The molecule has 1 aromatic carbocycles. The van der Waals surface area contributed by atoms with Crippen molar-refractivity contribution in [2.24, 2.45) is 5.73 Å². The van der Waals surface area contributed by atoms with Crippen molar-refractivity contribution in [2.75, 3.05) is 5.32 Å². The molecular formula is C13H16N4O. The van der Waals surface area contributed by atoms with E-state index in [1.807, 2.05) is 44.2 Å². The molecule has 0 aliphatic heterocycles. The molecule has 0 aliphatic rings. The molecule has 5 nitrogen and oxygen atoms in total. The highest BCUT2D eigenvalue weighted by Crippen LogP contribution is 2.18. The highest BCUT2D eigenvalue weighted by Gasteiger charge is 2.18. The Morgan fingerprint density at radius 3 is 2.56 bits per heavy atom. The first-order valence-corrected chi connectivity index (χ1v) is 5.72. The first kappa shape index (κ1) is 12.3. The molecule has 0 aliphatic carbocycles. The topological polar surface area (TPSA) is 83.8 Å². The number of aromatic amines is 1. The molecule has 0 fully saturated rings. The molecular weight excluding hydrogens is 228 g/mol. The van der Waals surface area contributed by atoms with Crippen molar-refractivity contribution in [2.45, 2.75) is 19.9 Å².